The van der Waals surface area contributed by atoms with Gasteiger partial charge in [-0.2, -0.15) is 0 Å². The molecule has 0 spiro atoms. The molecule has 0 unspecified atom stereocenters. The van der Waals surface area contributed by atoms with Gasteiger partial charge in [0.15, 0.2) is 0 Å². The van der Waals surface area contributed by atoms with E-state index in [1.54, 1.807) is 12.1 Å². The van der Waals surface area contributed by atoms with Crippen LogP contribution in [0, 0.1) is 0 Å². The van der Waals surface area contributed by atoms with E-state index in [9.17, 15) is 9.59 Å². The van der Waals surface area contributed by atoms with Crippen LogP contribution >= 0.6 is 0 Å². The second-order valence-electron chi connectivity index (χ2n) is 8.05. The van der Waals surface area contributed by atoms with Crippen molar-refractivity contribution in [1.29, 1.82) is 0 Å². The third-order valence-corrected chi connectivity index (χ3v) is 4.94. The molecule has 1 N–H and O–H groups in total. The summed E-state index contributed by atoms with van der Waals surface area (Å²) in [5.74, 6) is -0.990. The minimum atomic E-state index is -0.524. The number of ketones is 1. The van der Waals surface area contributed by atoms with Crippen LogP contribution < -0.4 is 5.32 Å². The molecule has 25 heavy (non-hydrogen) atoms. The molecule has 138 valence electrons. The molecule has 1 aliphatic heterocycles. The topological polar surface area (TPSA) is 52.7 Å². The summed E-state index contributed by atoms with van der Waals surface area (Å²) in [6, 6.07) is 7.56. The predicted molar refractivity (Wildman–Crippen MR) is 101 cm³/mol. The molecule has 0 aromatic heterocycles. The van der Waals surface area contributed by atoms with Gasteiger partial charge in [-0.25, -0.2) is 0 Å². The normalized spacial score (nSPS) is 18.0. The first-order valence-corrected chi connectivity index (χ1v) is 9.04. The highest BCUT2D eigenvalue weighted by Gasteiger charge is 2.22. The molecule has 1 fully saturated rings. The molecule has 0 saturated carbocycles. The Hall–Kier alpha value is -1.72. The van der Waals surface area contributed by atoms with E-state index in [4.69, 9.17) is 0 Å². The third-order valence-electron chi connectivity index (χ3n) is 4.94. The van der Waals surface area contributed by atoms with E-state index in [2.05, 4.69) is 49.9 Å². The minimum absolute atomic E-state index is 0.0295. The molecule has 5 nitrogen and oxygen atoms in total. The zero-order valence-electron chi connectivity index (χ0n) is 16.1. The van der Waals surface area contributed by atoms with E-state index in [-0.39, 0.29) is 11.5 Å². The SMILES string of the molecule is C[C@H](CNC(=O)C(=O)c1ccc(C(C)(C)C)cc1)N1CCN(C)CC1. The first-order chi connectivity index (χ1) is 11.7. The fourth-order valence-corrected chi connectivity index (χ4v) is 2.97. The van der Waals surface area contributed by atoms with Crippen LogP contribution in [0.5, 0.6) is 0 Å². The van der Waals surface area contributed by atoms with Gasteiger partial charge >= 0.3 is 0 Å². The molecule has 1 aromatic rings. The van der Waals surface area contributed by atoms with Crippen molar-refractivity contribution in [3.8, 4) is 0 Å². The second kappa shape index (κ2) is 8.11. The van der Waals surface area contributed by atoms with Crippen LogP contribution in [0.4, 0.5) is 0 Å². The highest BCUT2D eigenvalue weighted by molar-refractivity contribution is 6.42. The standard InChI is InChI=1S/C20H31N3O2/c1-15(23-12-10-22(5)11-13-23)14-21-19(25)18(24)16-6-8-17(9-7-16)20(2,3)4/h6-9,15H,10-14H2,1-5H3,(H,21,25)/t15-/m1/s1. The van der Waals surface area contributed by atoms with Crippen molar-refractivity contribution in [2.24, 2.45) is 0 Å². The minimum Gasteiger partial charge on any atom is -0.348 e. The lowest BCUT2D eigenvalue weighted by Crippen LogP contribution is -2.51. The summed E-state index contributed by atoms with van der Waals surface area (Å²) >= 11 is 0. The molecule has 1 aromatic carbocycles. The maximum absolute atomic E-state index is 12.3. The van der Waals surface area contributed by atoms with E-state index in [1.165, 1.54) is 0 Å². The number of Topliss-reactive ketones (excluding diaryl/α,β-unsaturated/α-hetero) is 1. The first kappa shape index (κ1) is 19.6. The number of benzene rings is 1. The number of amides is 1. The monoisotopic (exact) mass is 345 g/mol. The van der Waals surface area contributed by atoms with E-state index < -0.39 is 11.7 Å². The Labute approximate surface area is 151 Å². The number of nitrogens with one attached hydrogen (secondary N) is 1. The Kier molecular flexibility index (Phi) is 6.36. The maximum atomic E-state index is 12.3. The van der Waals surface area contributed by atoms with Crippen molar-refractivity contribution in [1.82, 2.24) is 15.1 Å². The highest BCUT2D eigenvalue weighted by Crippen LogP contribution is 2.22. The number of piperazine rings is 1. The van der Waals surface area contributed by atoms with Crippen molar-refractivity contribution in [2.75, 3.05) is 39.8 Å². The Morgan fingerprint density at radius 1 is 1.08 bits per heavy atom. The zero-order chi connectivity index (χ0) is 18.6. The number of carbonyl (C=O) groups is 2. The molecule has 1 heterocycles. The van der Waals surface area contributed by atoms with Crippen molar-refractivity contribution in [2.45, 2.75) is 39.2 Å². The Balaban J connectivity index is 1.86. The van der Waals surface area contributed by atoms with Crippen molar-refractivity contribution < 1.29 is 9.59 Å². The lowest BCUT2D eigenvalue weighted by molar-refractivity contribution is -0.117. The Morgan fingerprint density at radius 3 is 2.16 bits per heavy atom. The molecule has 0 aliphatic carbocycles. The van der Waals surface area contributed by atoms with Gasteiger partial charge in [-0.15, -0.1) is 0 Å². The van der Waals surface area contributed by atoms with Crippen LogP contribution in [0.1, 0.15) is 43.6 Å². The summed E-state index contributed by atoms with van der Waals surface area (Å²) in [4.78, 5) is 29.1. The summed E-state index contributed by atoms with van der Waals surface area (Å²) in [6.07, 6.45) is 0. The van der Waals surface area contributed by atoms with Crippen LogP contribution in [0.2, 0.25) is 0 Å². The van der Waals surface area contributed by atoms with Gasteiger partial charge in [0.1, 0.15) is 0 Å². The molecule has 2 rings (SSSR count). The number of rotatable bonds is 5. The lowest BCUT2D eigenvalue weighted by Gasteiger charge is -2.36. The largest absolute Gasteiger partial charge is 0.348 e. The van der Waals surface area contributed by atoms with E-state index in [0.717, 1.165) is 31.7 Å². The molecule has 1 atom stereocenters. The number of hydrogen-bond donors (Lipinski definition) is 1. The molecular weight excluding hydrogens is 314 g/mol. The predicted octanol–water partition coefficient (Wildman–Crippen LogP) is 1.92. The highest BCUT2D eigenvalue weighted by atomic mass is 16.2. The fourth-order valence-electron chi connectivity index (χ4n) is 2.97. The molecule has 0 bridgehead atoms. The summed E-state index contributed by atoms with van der Waals surface area (Å²) in [6.45, 7) is 13.0. The van der Waals surface area contributed by atoms with Gasteiger partial charge < -0.3 is 10.2 Å². The average Bonchev–Trinajstić information content (AvgIpc) is 2.58. The van der Waals surface area contributed by atoms with E-state index >= 15 is 0 Å². The second-order valence-corrected chi connectivity index (χ2v) is 8.05. The van der Waals surface area contributed by atoms with Crippen LogP contribution in [0.3, 0.4) is 0 Å². The number of hydrogen-bond acceptors (Lipinski definition) is 4. The van der Waals surface area contributed by atoms with Crippen molar-refractivity contribution >= 4 is 11.7 Å². The van der Waals surface area contributed by atoms with E-state index in [0.29, 0.717) is 12.1 Å². The quantitative estimate of drug-likeness (QED) is 0.654. The first-order valence-electron chi connectivity index (χ1n) is 9.04. The smallest absolute Gasteiger partial charge is 0.292 e. The summed E-state index contributed by atoms with van der Waals surface area (Å²) in [7, 11) is 2.12. The Bertz CT molecular complexity index is 596. The number of nitrogens with zero attached hydrogens (tertiary/aromatic N) is 2. The molecular formula is C20H31N3O2. The molecule has 0 radical (unpaired) electrons. The van der Waals surface area contributed by atoms with Crippen LogP contribution in [-0.2, 0) is 10.2 Å². The molecule has 5 heteroatoms. The zero-order valence-corrected chi connectivity index (χ0v) is 16.1. The van der Waals surface area contributed by atoms with Crippen LogP contribution in [0.25, 0.3) is 0 Å². The number of likely N-dealkylation sites (N-methyl/N-ethyl adjacent to an activating group) is 1. The summed E-state index contributed by atoms with van der Waals surface area (Å²) < 4.78 is 0. The summed E-state index contributed by atoms with van der Waals surface area (Å²) in [5, 5.41) is 2.79. The van der Waals surface area contributed by atoms with Gasteiger partial charge in [0.25, 0.3) is 5.91 Å². The maximum Gasteiger partial charge on any atom is 0.292 e. The van der Waals surface area contributed by atoms with Gasteiger partial charge in [-0.3, -0.25) is 14.5 Å². The van der Waals surface area contributed by atoms with Gasteiger partial charge in [0.2, 0.25) is 5.78 Å². The van der Waals surface area contributed by atoms with Crippen molar-refractivity contribution in [3.63, 3.8) is 0 Å². The van der Waals surface area contributed by atoms with Gasteiger partial charge in [0, 0.05) is 44.3 Å². The average molecular weight is 345 g/mol. The number of carbonyl (C=O) groups excluding carboxylic acids is 2. The lowest BCUT2D eigenvalue weighted by atomic mass is 9.86. The Morgan fingerprint density at radius 2 is 1.64 bits per heavy atom. The van der Waals surface area contributed by atoms with Gasteiger partial charge in [0.05, 0.1) is 0 Å². The van der Waals surface area contributed by atoms with Crippen LogP contribution in [0.15, 0.2) is 24.3 Å². The van der Waals surface area contributed by atoms with Crippen LogP contribution in [-0.4, -0.2) is 67.3 Å². The summed E-state index contributed by atoms with van der Waals surface area (Å²) in [5.41, 5.74) is 1.62. The van der Waals surface area contributed by atoms with Crippen molar-refractivity contribution in [3.05, 3.63) is 35.4 Å². The fraction of sp³-hybridized carbons (Fsp3) is 0.600. The van der Waals surface area contributed by atoms with Gasteiger partial charge in [-0.05, 0) is 24.9 Å². The molecule has 1 aliphatic rings. The molecule has 1 amide bonds. The van der Waals surface area contributed by atoms with Gasteiger partial charge in [-0.1, -0.05) is 45.0 Å². The third kappa shape index (κ3) is 5.38. The molecule has 1 saturated heterocycles. The van der Waals surface area contributed by atoms with E-state index in [1.807, 2.05) is 12.1 Å².